The summed E-state index contributed by atoms with van der Waals surface area (Å²) in [4.78, 5) is 2.55. The van der Waals surface area contributed by atoms with Crippen LogP contribution in [0.15, 0.2) is 0 Å². The fraction of sp³-hybridized carbons (Fsp3) is 1.00. The lowest BCUT2D eigenvalue weighted by Gasteiger charge is -2.49. The van der Waals surface area contributed by atoms with Gasteiger partial charge in [0.2, 0.25) is 0 Å². The zero-order chi connectivity index (χ0) is 12.9. The van der Waals surface area contributed by atoms with E-state index in [1.54, 1.807) is 0 Å². The molecule has 0 aliphatic heterocycles. The molecular weight excluding hydrogens is 212 g/mol. The fourth-order valence-corrected chi connectivity index (χ4v) is 3.48. The van der Waals surface area contributed by atoms with Crippen LogP contribution in [0.4, 0.5) is 0 Å². The third-order valence-corrected chi connectivity index (χ3v) is 4.69. The van der Waals surface area contributed by atoms with Crippen LogP contribution in [-0.4, -0.2) is 43.3 Å². The molecule has 1 aliphatic carbocycles. The highest BCUT2D eigenvalue weighted by Crippen LogP contribution is 2.48. The van der Waals surface area contributed by atoms with E-state index in [2.05, 4.69) is 32.6 Å². The van der Waals surface area contributed by atoms with Crippen molar-refractivity contribution in [3.05, 3.63) is 0 Å². The minimum atomic E-state index is 0.179. The van der Waals surface area contributed by atoms with Gasteiger partial charge in [-0.15, -0.1) is 0 Å². The van der Waals surface area contributed by atoms with Crippen LogP contribution in [0, 0.1) is 5.41 Å². The molecule has 3 heteroatoms. The zero-order valence-corrected chi connectivity index (χ0v) is 12.1. The highest BCUT2D eigenvalue weighted by molar-refractivity contribution is 5.06. The van der Waals surface area contributed by atoms with Crippen molar-refractivity contribution in [2.24, 2.45) is 11.1 Å². The molecule has 1 atom stereocenters. The van der Waals surface area contributed by atoms with Crippen molar-refractivity contribution >= 4 is 0 Å². The first-order chi connectivity index (χ1) is 8.04. The number of hydrogen-bond donors (Lipinski definition) is 1. The van der Waals surface area contributed by atoms with Gasteiger partial charge in [-0.1, -0.05) is 27.2 Å². The van der Waals surface area contributed by atoms with Crippen LogP contribution in [0.25, 0.3) is 0 Å². The molecule has 0 saturated heterocycles. The van der Waals surface area contributed by atoms with E-state index in [1.165, 1.54) is 19.3 Å². The van der Waals surface area contributed by atoms with Gasteiger partial charge in [0.1, 0.15) is 0 Å². The predicted octanol–water partition coefficient (Wildman–Crippen LogP) is 2.25. The highest BCUT2D eigenvalue weighted by atomic mass is 16.5. The quantitative estimate of drug-likeness (QED) is 0.696. The molecule has 0 radical (unpaired) electrons. The second kappa shape index (κ2) is 6.17. The number of nitrogens with two attached hydrogens (primary N) is 1. The molecule has 3 nitrogen and oxygen atoms in total. The van der Waals surface area contributed by atoms with Crippen molar-refractivity contribution in [1.29, 1.82) is 0 Å². The van der Waals surface area contributed by atoms with Gasteiger partial charge in [-0.2, -0.15) is 0 Å². The molecule has 1 saturated carbocycles. The summed E-state index contributed by atoms with van der Waals surface area (Å²) in [5.74, 6) is 0. The largest absolute Gasteiger partial charge is 0.380 e. The molecule has 2 N–H and O–H groups in total. The Morgan fingerprint density at radius 2 is 1.94 bits per heavy atom. The van der Waals surface area contributed by atoms with E-state index in [-0.39, 0.29) is 5.54 Å². The van der Waals surface area contributed by atoms with E-state index < -0.39 is 0 Å². The van der Waals surface area contributed by atoms with Crippen LogP contribution in [0.3, 0.4) is 0 Å². The van der Waals surface area contributed by atoms with Gasteiger partial charge in [-0.3, -0.25) is 4.90 Å². The van der Waals surface area contributed by atoms with Crippen molar-refractivity contribution in [2.45, 2.75) is 52.5 Å². The van der Waals surface area contributed by atoms with Crippen molar-refractivity contribution in [1.82, 2.24) is 4.90 Å². The van der Waals surface area contributed by atoms with E-state index in [4.69, 9.17) is 10.5 Å². The normalized spacial score (nSPS) is 27.9. The summed E-state index contributed by atoms with van der Waals surface area (Å²) in [6.45, 7) is 13.5. The average molecular weight is 242 g/mol. The van der Waals surface area contributed by atoms with E-state index in [1.807, 2.05) is 0 Å². The number of nitrogens with zero attached hydrogens (tertiary/aromatic N) is 1. The van der Waals surface area contributed by atoms with Gasteiger partial charge in [0.05, 0.1) is 6.61 Å². The molecule has 102 valence electrons. The first kappa shape index (κ1) is 14.9. The van der Waals surface area contributed by atoms with Gasteiger partial charge in [0, 0.05) is 25.2 Å². The summed E-state index contributed by atoms with van der Waals surface area (Å²) in [6.07, 6.45) is 3.82. The average Bonchev–Trinajstić information content (AvgIpc) is 2.61. The fourth-order valence-electron chi connectivity index (χ4n) is 3.48. The third-order valence-electron chi connectivity index (χ3n) is 4.69. The molecular formula is C14H30N2O. The van der Waals surface area contributed by atoms with Crippen LogP contribution < -0.4 is 5.73 Å². The summed E-state index contributed by atoms with van der Waals surface area (Å²) in [5, 5.41) is 0. The Hall–Kier alpha value is -0.120. The Morgan fingerprint density at radius 1 is 1.24 bits per heavy atom. The van der Waals surface area contributed by atoms with Gasteiger partial charge < -0.3 is 10.5 Å². The second-order valence-electron chi connectivity index (χ2n) is 5.75. The standard InChI is InChI=1S/C14H30N2O/c1-5-16(10-11-17-6-2)14(12-15)9-7-8-13(14,3)4/h5-12,15H2,1-4H3. The molecule has 0 bridgehead atoms. The Labute approximate surface area is 107 Å². The summed E-state index contributed by atoms with van der Waals surface area (Å²) in [5.41, 5.74) is 6.65. The Balaban J connectivity index is 2.75. The Bertz CT molecular complexity index is 230. The topological polar surface area (TPSA) is 38.5 Å². The molecule has 0 spiro atoms. The number of likely N-dealkylation sites (N-methyl/N-ethyl adjacent to an activating group) is 1. The maximum atomic E-state index is 6.14. The number of rotatable bonds is 7. The zero-order valence-electron chi connectivity index (χ0n) is 12.1. The van der Waals surface area contributed by atoms with Crippen molar-refractivity contribution in [3.8, 4) is 0 Å². The van der Waals surface area contributed by atoms with Crippen LogP contribution in [0.2, 0.25) is 0 Å². The summed E-state index contributed by atoms with van der Waals surface area (Å²) in [6, 6.07) is 0. The first-order valence-corrected chi connectivity index (χ1v) is 7.07. The lowest BCUT2D eigenvalue weighted by Crippen LogP contribution is -2.60. The first-order valence-electron chi connectivity index (χ1n) is 7.07. The van der Waals surface area contributed by atoms with Gasteiger partial charge >= 0.3 is 0 Å². The Kier molecular flexibility index (Phi) is 5.42. The minimum Gasteiger partial charge on any atom is -0.380 e. The second-order valence-corrected chi connectivity index (χ2v) is 5.75. The van der Waals surface area contributed by atoms with E-state index in [0.717, 1.165) is 32.8 Å². The summed E-state index contributed by atoms with van der Waals surface area (Å²) >= 11 is 0. The lowest BCUT2D eigenvalue weighted by atomic mass is 9.73. The lowest BCUT2D eigenvalue weighted by molar-refractivity contribution is -0.00402. The Morgan fingerprint density at radius 3 is 2.35 bits per heavy atom. The van der Waals surface area contributed by atoms with E-state index in [9.17, 15) is 0 Å². The molecule has 17 heavy (non-hydrogen) atoms. The van der Waals surface area contributed by atoms with Gasteiger partial charge in [-0.25, -0.2) is 0 Å². The van der Waals surface area contributed by atoms with E-state index >= 15 is 0 Å². The van der Waals surface area contributed by atoms with Crippen molar-refractivity contribution < 1.29 is 4.74 Å². The smallest absolute Gasteiger partial charge is 0.0593 e. The van der Waals surface area contributed by atoms with E-state index in [0.29, 0.717) is 5.41 Å². The van der Waals surface area contributed by atoms with Crippen molar-refractivity contribution in [3.63, 3.8) is 0 Å². The van der Waals surface area contributed by atoms with Gasteiger partial charge in [0.15, 0.2) is 0 Å². The molecule has 0 amide bonds. The number of hydrogen-bond acceptors (Lipinski definition) is 3. The van der Waals surface area contributed by atoms with Crippen LogP contribution in [-0.2, 0) is 4.74 Å². The molecule has 1 fully saturated rings. The SMILES string of the molecule is CCOCCN(CC)C1(CN)CCCC1(C)C. The van der Waals surface area contributed by atoms with Gasteiger partial charge in [0.25, 0.3) is 0 Å². The monoisotopic (exact) mass is 242 g/mol. The summed E-state index contributed by atoms with van der Waals surface area (Å²) in [7, 11) is 0. The molecule has 0 heterocycles. The minimum absolute atomic E-state index is 0.179. The van der Waals surface area contributed by atoms with Gasteiger partial charge in [-0.05, 0) is 31.7 Å². The summed E-state index contributed by atoms with van der Waals surface area (Å²) < 4.78 is 5.50. The molecule has 1 rings (SSSR count). The van der Waals surface area contributed by atoms with Crippen LogP contribution in [0.5, 0.6) is 0 Å². The third kappa shape index (κ3) is 2.83. The van der Waals surface area contributed by atoms with Crippen LogP contribution >= 0.6 is 0 Å². The predicted molar refractivity (Wildman–Crippen MR) is 73.2 cm³/mol. The molecule has 0 aromatic rings. The maximum absolute atomic E-state index is 6.14. The molecule has 0 aromatic carbocycles. The maximum Gasteiger partial charge on any atom is 0.0593 e. The highest BCUT2D eigenvalue weighted by Gasteiger charge is 2.50. The van der Waals surface area contributed by atoms with Crippen molar-refractivity contribution in [2.75, 3.05) is 32.8 Å². The number of ether oxygens (including phenoxy) is 1. The van der Waals surface area contributed by atoms with Crippen LogP contribution in [0.1, 0.15) is 47.0 Å². The molecule has 1 aliphatic rings. The molecule has 0 aromatic heterocycles. The molecule has 1 unspecified atom stereocenters.